The molecular weight excluding hydrogens is 321 g/mol. The van der Waals surface area contributed by atoms with Crippen molar-refractivity contribution in [1.82, 2.24) is 0 Å². The smallest absolute Gasteiger partial charge is 0.339 e. The van der Waals surface area contributed by atoms with Gasteiger partial charge in [-0.05, 0) is 0 Å². The second kappa shape index (κ2) is 11.9. The molecule has 0 bridgehead atoms. The molecule has 7 nitrogen and oxygen atoms in total. The fourth-order valence-electron chi connectivity index (χ4n) is 0.512. The minimum absolute atomic E-state index is 0.129. The predicted molar refractivity (Wildman–Crippen MR) is 60.9 cm³/mol. The molecular formula is C6H12Cl3O7P. The molecule has 17 heavy (non-hydrogen) atoms. The molecule has 0 unspecified atom stereocenters. The van der Waals surface area contributed by atoms with Crippen molar-refractivity contribution in [2.24, 2.45) is 0 Å². The summed E-state index contributed by atoms with van der Waals surface area (Å²) in [6.07, 6.45) is 0. The Morgan fingerprint density at radius 1 is 0.706 bits per heavy atom. The number of phosphoric ester groups is 1. The van der Waals surface area contributed by atoms with Gasteiger partial charge in [0.2, 0.25) is 0 Å². The first kappa shape index (κ1) is 17.9. The minimum atomic E-state index is -3.86. The van der Waals surface area contributed by atoms with Gasteiger partial charge < -0.3 is 14.2 Å². The zero-order valence-corrected chi connectivity index (χ0v) is 11.8. The van der Waals surface area contributed by atoms with E-state index in [1.165, 1.54) is 0 Å². The molecule has 0 spiro atoms. The van der Waals surface area contributed by atoms with Gasteiger partial charge in [0.15, 0.2) is 20.4 Å². The topological polar surface area (TPSA) is 72.5 Å². The molecule has 11 heteroatoms. The largest absolute Gasteiger partial charge is 0.481 e. The lowest BCUT2D eigenvalue weighted by molar-refractivity contribution is -0.0555. The van der Waals surface area contributed by atoms with E-state index in [1.807, 2.05) is 0 Å². The molecule has 0 radical (unpaired) electrons. The summed E-state index contributed by atoms with van der Waals surface area (Å²) in [4.78, 5) is 0. The van der Waals surface area contributed by atoms with Gasteiger partial charge in [-0.1, -0.05) is 34.8 Å². The molecule has 0 rings (SSSR count). The number of alkyl halides is 3. The molecule has 0 fully saturated rings. The fraction of sp³-hybridized carbons (Fsp3) is 1.00. The predicted octanol–water partition coefficient (Wildman–Crippen LogP) is 2.66. The van der Waals surface area contributed by atoms with Crippen molar-refractivity contribution in [3.8, 4) is 0 Å². The Balaban J connectivity index is 4.00. The molecule has 0 aromatic rings. The Bertz CT molecular complexity index is 187. The van der Waals surface area contributed by atoms with Crippen LogP contribution in [0.25, 0.3) is 0 Å². The molecule has 0 N–H and O–H groups in total. The van der Waals surface area contributed by atoms with E-state index in [0.29, 0.717) is 0 Å². The van der Waals surface area contributed by atoms with Crippen LogP contribution in [-0.2, 0) is 32.3 Å². The molecule has 0 aromatic heterocycles. The summed E-state index contributed by atoms with van der Waals surface area (Å²) in [5.41, 5.74) is 0. The van der Waals surface area contributed by atoms with Crippen molar-refractivity contribution in [3.05, 3.63) is 0 Å². The van der Waals surface area contributed by atoms with Crippen LogP contribution in [-0.4, -0.2) is 38.6 Å². The summed E-state index contributed by atoms with van der Waals surface area (Å²) >= 11 is 15.7. The molecule has 0 atom stereocenters. The van der Waals surface area contributed by atoms with E-state index in [0.717, 1.165) is 0 Å². The maximum absolute atomic E-state index is 11.8. The Morgan fingerprint density at radius 2 is 1.00 bits per heavy atom. The summed E-state index contributed by atoms with van der Waals surface area (Å²) in [7, 11) is -3.86. The third-order valence-corrected chi connectivity index (χ3v) is 2.84. The van der Waals surface area contributed by atoms with Crippen LogP contribution in [0.5, 0.6) is 0 Å². The zero-order chi connectivity index (χ0) is 13.0. The van der Waals surface area contributed by atoms with E-state index in [-0.39, 0.29) is 38.6 Å². The van der Waals surface area contributed by atoms with Crippen molar-refractivity contribution in [2.45, 2.75) is 0 Å². The number of halogens is 3. The molecule has 0 aliphatic heterocycles. The quantitative estimate of drug-likeness (QED) is 0.235. The van der Waals surface area contributed by atoms with Gasteiger partial charge in [0, 0.05) is 0 Å². The molecule has 0 saturated heterocycles. The summed E-state index contributed by atoms with van der Waals surface area (Å²) in [5.74, 6) is 0. The lowest BCUT2D eigenvalue weighted by atomic mass is 11.4. The van der Waals surface area contributed by atoms with Gasteiger partial charge in [-0.3, -0.25) is 13.6 Å². The number of ether oxygens (including phenoxy) is 3. The first-order valence-electron chi connectivity index (χ1n) is 4.13. The first-order valence-corrected chi connectivity index (χ1v) is 7.19. The van der Waals surface area contributed by atoms with E-state index in [1.54, 1.807) is 0 Å². The van der Waals surface area contributed by atoms with Crippen molar-refractivity contribution in [3.63, 3.8) is 0 Å². The van der Waals surface area contributed by atoms with Gasteiger partial charge in [0.25, 0.3) is 0 Å². The Morgan fingerprint density at radius 3 is 1.24 bits per heavy atom. The van der Waals surface area contributed by atoms with Gasteiger partial charge >= 0.3 is 7.82 Å². The van der Waals surface area contributed by atoms with Gasteiger partial charge in [-0.15, -0.1) is 0 Å². The summed E-state index contributed by atoms with van der Waals surface area (Å²) in [6, 6.07) is -0.386. The molecule has 0 heterocycles. The lowest BCUT2D eigenvalue weighted by Gasteiger charge is -2.16. The van der Waals surface area contributed by atoms with E-state index in [4.69, 9.17) is 48.4 Å². The minimum Gasteiger partial charge on any atom is -0.339 e. The average molecular weight is 333 g/mol. The Kier molecular flexibility index (Phi) is 12.5. The highest BCUT2D eigenvalue weighted by Crippen LogP contribution is 2.49. The summed E-state index contributed by atoms with van der Waals surface area (Å²) in [5, 5.41) is 0. The van der Waals surface area contributed by atoms with E-state index < -0.39 is 7.82 Å². The standard InChI is InChI=1S/C6H12Cl3O7P/c7-1-11-4-14-17(10,15-5-12-2-8)16-6-13-3-9/h1-6H2. The first-order chi connectivity index (χ1) is 8.18. The number of hydrogen-bond acceptors (Lipinski definition) is 7. The molecule has 104 valence electrons. The monoisotopic (exact) mass is 332 g/mol. The van der Waals surface area contributed by atoms with E-state index in [9.17, 15) is 4.57 Å². The van der Waals surface area contributed by atoms with Crippen molar-refractivity contribution >= 4 is 42.6 Å². The van der Waals surface area contributed by atoms with Gasteiger partial charge in [-0.25, -0.2) is 4.57 Å². The van der Waals surface area contributed by atoms with Crippen LogP contribution >= 0.6 is 42.6 Å². The molecule has 0 aliphatic carbocycles. The molecule has 0 amide bonds. The van der Waals surface area contributed by atoms with Crippen LogP contribution in [0, 0.1) is 0 Å². The Labute approximate surface area is 114 Å². The average Bonchev–Trinajstić information content (AvgIpc) is 2.30. The number of rotatable bonds is 12. The van der Waals surface area contributed by atoms with E-state index in [2.05, 4.69) is 14.2 Å². The number of hydrogen-bond donors (Lipinski definition) is 0. The van der Waals surface area contributed by atoms with Crippen LogP contribution in [0.1, 0.15) is 0 Å². The highest BCUT2D eigenvalue weighted by atomic mass is 35.5. The van der Waals surface area contributed by atoms with Crippen LogP contribution in [0.15, 0.2) is 0 Å². The number of phosphoric acid groups is 1. The molecule has 0 aromatic carbocycles. The van der Waals surface area contributed by atoms with Crippen LogP contribution in [0.4, 0.5) is 0 Å². The summed E-state index contributed by atoms with van der Waals surface area (Å²) in [6.45, 7) is -1.12. The third-order valence-electron chi connectivity index (χ3n) is 1.11. The van der Waals surface area contributed by atoms with Crippen LogP contribution in [0.2, 0.25) is 0 Å². The highest BCUT2D eigenvalue weighted by Gasteiger charge is 2.27. The zero-order valence-electron chi connectivity index (χ0n) is 8.68. The summed E-state index contributed by atoms with van der Waals surface area (Å²) < 4.78 is 39.8. The normalized spacial score (nSPS) is 11.9. The molecule has 0 aliphatic rings. The fourth-order valence-corrected chi connectivity index (χ4v) is 1.54. The maximum atomic E-state index is 11.8. The second-order valence-corrected chi connectivity index (χ2v) is 4.45. The van der Waals surface area contributed by atoms with Crippen LogP contribution in [0.3, 0.4) is 0 Å². The van der Waals surface area contributed by atoms with Crippen molar-refractivity contribution in [2.75, 3.05) is 38.6 Å². The lowest BCUT2D eigenvalue weighted by Crippen LogP contribution is -2.07. The molecule has 0 saturated carbocycles. The van der Waals surface area contributed by atoms with Gasteiger partial charge in [-0.2, -0.15) is 0 Å². The van der Waals surface area contributed by atoms with Crippen molar-refractivity contribution < 1.29 is 32.3 Å². The van der Waals surface area contributed by atoms with E-state index >= 15 is 0 Å². The SMILES string of the molecule is O=P(OCOCCl)(OCOCCl)OCOCCl. The van der Waals surface area contributed by atoms with Crippen LogP contribution < -0.4 is 0 Å². The highest BCUT2D eigenvalue weighted by molar-refractivity contribution is 7.48. The maximum Gasteiger partial charge on any atom is 0.481 e. The van der Waals surface area contributed by atoms with Crippen molar-refractivity contribution in [1.29, 1.82) is 0 Å². The Hall–Kier alpha value is 0.860. The van der Waals surface area contributed by atoms with Gasteiger partial charge in [0.1, 0.15) is 18.2 Å². The third kappa shape index (κ3) is 10.5. The van der Waals surface area contributed by atoms with Gasteiger partial charge in [0.05, 0.1) is 0 Å². The second-order valence-electron chi connectivity index (χ2n) is 2.13.